The maximum atomic E-state index is 5.93. The number of nitrogen functional groups attached to an aromatic ring is 1. The van der Waals surface area contributed by atoms with Crippen molar-refractivity contribution in [2.24, 2.45) is 0 Å². The first-order valence-corrected chi connectivity index (χ1v) is 5.48. The molecule has 2 aromatic rings. The summed E-state index contributed by atoms with van der Waals surface area (Å²) in [6.07, 6.45) is 3.42. The number of hydrogen-bond donors (Lipinski definition) is 1. The number of nitrogens with zero attached hydrogens (tertiary/aromatic N) is 1. The van der Waals surface area contributed by atoms with Crippen LogP contribution in [0.3, 0.4) is 0 Å². The molecule has 3 nitrogen and oxygen atoms in total. The highest BCUT2D eigenvalue weighted by molar-refractivity contribution is 5.77. The number of hydrogen-bond acceptors (Lipinski definition) is 3. The zero-order chi connectivity index (χ0) is 12.4. The lowest BCUT2D eigenvalue weighted by Gasteiger charge is -2.12. The molecular formula is C14H16N2O. The number of pyridine rings is 1. The van der Waals surface area contributed by atoms with E-state index < -0.39 is 0 Å². The molecule has 0 saturated heterocycles. The Balaban J connectivity index is 2.59. The summed E-state index contributed by atoms with van der Waals surface area (Å²) in [5.74, 6) is 0.932. The van der Waals surface area contributed by atoms with Crippen molar-refractivity contribution < 1.29 is 4.74 Å². The molecule has 1 aromatic heterocycles. The molecule has 0 aliphatic carbocycles. The fourth-order valence-corrected chi connectivity index (χ4v) is 2.10. The van der Waals surface area contributed by atoms with Crippen molar-refractivity contribution in [3.05, 3.63) is 41.7 Å². The summed E-state index contributed by atoms with van der Waals surface area (Å²) in [4.78, 5) is 4.00. The smallest absolute Gasteiger partial charge is 0.124 e. The van der Waals surface area contributed by atoms with Gasteiger partial charge >= 0.3 is 0 Å². The third-order valence-corrected chi connectivity index (χ3v) is 2.83. The zero-order valence-electron chi connectivity index (χ0n) is 10.3. The monoisotopic (exact) mass is 228 g/mol. The van der Waals surface area contributed by atoms with Gasteiger partial charge < -0.3 is 10.5 Å². The van der Waals surface area contributed by atoms with Crippen LogP contribution in [0, 0.1) is 13.8 Å². The van der Waals surface area contributed by atoms with Gasteiger partial charge in [0, 0.05) is 11.8 Å². The maximum Gasteiger partial charge on any atom is 0.124 e. The van der Waals surface area contributed by atoms with Gasteiger partial charge in [-0.25, -0.2) is 0 Å². The average molecular weight is 228 g/mol. The molecule has 0 unspecified atom stereocenters. The lowest BCUT2D eigenvalue weighted by molar-refractivity contribution is 0.408. The molecule has 0 radical (unpaired) electrons. The van der Waals surface area contributed by atoms with E-state index in [4.69, 9.17) is 10.5 Å². The second kappa shape index (κ2) is 4.45. The molecule has 3 heteroatoms. The van der Waals surface area contributed by atoms with Crippen LogP contribution in [0.1, 0.15) is 11.1 Å². The standard InChI is InChI=1S/C14H16N2O/c1-9-6-11(7-10(2)14(9)17-3)12-4-5-16-8-13(12)15/h4-8H,15H2,1-3H3. The number of aromatic nitrogens is 1. The fraction of sp³-hybridized carbons (Fsp3) is 0.214. The van der Waals surface area contributed by atoms with Gasteiger partial charge in [0.1, 0.15) is 5.75 Å². The summed E-state index contributed by atoms with van der Waals surface area (Å²) in [6.45, 7) is 4.07. The minimum Gasteiger partial charge on any atom is -0.496 e. The van der Waals surface area contributed by atoms with Crippen molar-refractivity contribution >= 4 is 5.69 Å². The molecule has 17 heavy (non-hydrogen) atoms. The Bertz CT molecular complexity index is 527. The Morgan fingerprint density at radius 1 is 1.18 bits per heavy atom. The van der Waals surface area contributed by atoms with E-state index in [9.17, 15) is 0 Å². The Hall–Kier alpha value is -2.03. The maximum absolute atomic E-state index is 5.93. The number of nitrogens with two attached hydrogens (primary N) is 1. The predicted octanol–water partition coefficient (Wildman–Crippen LogP) is 2.96. The summed E-state index contributed by atoms with van der Waals surface area (Å²) in [7, 11) is 1.69. The van der Waals surface area contributed by atoms with Crippen LogP contribution in [0.2, 0.25) is 0 Å². The fourth-order valence-electron chi connectivity index (χ4n) is 2.10. The average Bonchev–Trinajstić information content (AvgIpc) is 2.29. The van der Waals surface area contributed by atoms with Crippen LogP contribution in [-0.4, -0.2) is 12.1 Å². The highest BCUT2D eigenvalue weighted by Crippen LogP contribution is 2.31. The van der Waals surface area contributed by atoms with Crippen molar-refractivity contribution in [2.45, 2.75) is 13.8 Å². The Kier molecular flexibility index (Phi) is 3.00. The Morgan fingerprint density at radius 2 is 1.82 bits per heavy atom. The first-order chi connectivity index (χ1) is 8.13. The molecule has 0 atom stereocenters. The second-order valence-corrected chi connectivity index (χ2v) is 4.11. The van der Waals surface area contributed by atoms with Gasteiger partial charge in [0.25, 0.3) is 0 Å². The lowest BCUT2D eigenvalue weighted by Crippen LogP contribution is -1.95. The second-order valence-electron chi connectivity index (χ2n) is 4.11. The van der Waals surface area contributed by atoms with Gasteiger partial charge in [-0.15, -0.1) is 0 Å². The lowest BCUT2D eigenvalue weighted by atomic mass is 9.99. The summed E-state index contributed by atoms with van der Waals surface area (Å²) in [5, 5.41) is 0. The van der Waals surface area contributed by atoms with Crippen LogP contribution in [0.4, 0.5) is 5.69 Å². The van der Waals surface area contributed by atoms with Gasteiger partial charge in [0.15, 0.2) is 0 Å². The number of aryl methyl sites for hydroxylation is 2. The molecule has 0 aliphatic rings. The first-order valence-electron chi connectivity index (χ1n) is 5.48. The molecule has 0 saturated carbocycles. The van der Waals surface area contributed by atoms with E-state index in [1.165, 1.54) is 0 Å². The molecule has 88 valence electrons. The molecule has 0 aliphatic heterocycles. The molecule has 1 heterocycles. The van der Waals surface area contributed by atoms with Crippen molar-refractivity contribution in [1.82, 2.24) is 4.98 Å². The topological polar surface area (TPSA) is 48.1 Å². The molecule has 0 spiro atoms. The number of anilines is 1. The van der Waals surface area contributed by atoms with E-state index >= 15 is 0 Å². The van der Waals surface area contributed by atoms with E-state index in [0.29, 0.717) is 5.69 Å². The molecule has 2 N–H and O–H groups in total. The number of benzene rings is 1. The first kappa shape index (κ1) is 11.5. The van der Waals surface area contributed by atoms with Gasteiger partial charge in [-0.05, 0) is 48.7 Å². The molecule has 0 amide bonds. The van der Waals surface area contributed by atoms with Crippen molar-refractivity contribution in [3.63, 3.8) is 0 Å². The van der Waals surface area contributed by atoms with Gasteiger partial charge in [-0.2, -0.15) is 0 Å². The zero-order valence-corrected chi connectivity index (χ0v) is 10.3. The summed E-state index contributed by atoms with van der Waals surface area (Å²) < 4.78 is 5.35. The van der Waals surface area contributed by atoms with Crippen molar-refractivity contribution in [3.8, 4) is 16.9 Å². The largest absolute Gasteiger partial charge is 0.496 e. The Labute approximate surface area is 101 Å². The number of ether oxygens (including phenoxy) is 1. The summed E-state index contributed by atoms with van der Waals surface area (Å²) in [5.41, 5.74) is 10.9. The SMILES string of the molecule is COc1c(C)cc(-c2ccncc2N)cc1C. The highest BCUT2D eigenvalue weighted by Gasteiger charge is 2.08. The van der Waals surface area contributed by atoms with E-state index in [1.54, 1.807) is 19.5 Å². The van der Waals surface area contributed by atoms with Crippen molar-refractivity contribution in [1.29, 1.82) is 0 Å². The quantitative estimate of drug-likeness (QED) is 0.859. The molecular weight excluding hydrogens is 212 g/mol. The van der Waals surface area contributed by atoms with E-state index in [2.05, 4.69) is 17.1 Å². The van der Waals surface area contributed by atoms with Crippen LogP contribution in [0.25, 0.3) is 11.1 Å². The van der Waals surface area contributed by atoms with Gasteiger partial charge in [0.2, 0.25) is 0 Å². The summed E-state index contributed by atoms with van der Waals surface area (Å²) >= 11 is 0. The van der Waals surface area contributed by atoms with Crippen LogP contribution in [0.15, 0.2) is 30.6 Å². The van der Waals surface area contributed by atoms with Crippen LogP contribution in [-0.2, 0) is 0 Å². The molecule has 0 fully saturated rings. The van der Waals surface area contributed by atoms with E-state index in [0.717, 1.165) is 28.0 Å². The van der Waals surface area contributed by atoms with Gasteiger partial charge in [-0.1, -0.05) is 0 Å². The van der Waals surface area contributed by atoms with Crippen molar-refractivity contribution in [2.75, 3.05) is 12.8 Å². The van der Waals surface area contributed by atoms with E-state index in [1.807, 2.05) is 19.9 Å². The number of methoxy groups -OCH3 is 1. The molecule has 2 rings (SSSR count). The van der Waals surface area contributed by atoms with Gasteiger partial charge in [0.05, 0.1) is 19.0 Å². The minimum absolute atomic E-state index is 0.691. The highest BCUT2D eigenvalue weighted by atomic mass is 16.5. The molecule has 1 aromatic carbocycles. The molecule has 0 bridgehead atoms. The number of rotatable bonds is 2. The Morgan fingerprint density at radius 3 is 2.35 bits per heavy atom. The predicted molar refractivity (Wildman–Crippen MR) is 70.1 cm³/mol. The summed E-state index contributed by atoms with van der Waals surface area (Å²) in [6, 6.07) is 6.09. The van der Waals surface area contributed by atoms with Crippen LogP contribution in [0.5, 0.6) is 5.75 Å². The van der Waals surface area contributed by atoms with Gasteiger partial charge in [-0.3, -0.25) is 4.98 Å². The van der Waals surface area contributed by atoms with Crippen LogP contribution < -0.4 is 10.5 Å². The minimum atomic E-state index is 0.691. The third-order valence-electron chi connectivity index (χ3n) is 2.83. The van der Waals surface area contributed by atoms with Crippen LogP contribution >= 0.6 is 0 Å². The third kappa shape index (κ3) is 2.09. The normalized spacial score (nSPS) is 10.3. The van der Waals surface area contributed by atoms with E-state index in [-0.39, 0.29) is 0 Å².